The van der Waals surface area contributed by atoms with E-state index in [4.69, 9.17) is 0 Å². The molecule has 0 amide bonds. The van der Waals surface area contributed by atoms with Gasteiger partial charge in [-0.25, -0.2) is 0 Å². The molecule has 13 heavy (non-hydrogen) atoms. The van der Waals surface area contributed by atoms with Crippen molar-refractivity contribution in [2.45, 2.75) is 38.6 Å². The van der Waals surface area contributed by atoms with Crippen LogP contribution in [-0.2, 0) is 0 Å². The lowest BCUT2D eigenvalue weighted by Crippen LogP contribution is -2.54. The summed E-state index contributed by atoms with van der Waals surface area (Å²) in [4.78, 5) is 2.67. The van der Waals surface area contributed by atoms with E-state index in [1.165, 1.54) is 51.9 Å². The highest BCUT2D eigenvalue weighted by molar-refractivity contribution is 4.86. The highest BCUT2D eigenvalue weighted by Gasteiger charge is 2.30. The van der Waals surface area contributed by atoms with Gasteiger partial charge in [0.25, 0.3) is 0 Å². The number of hydrogen-bond donors (Lipinski definition) is 1. The van der Waals surface area contributed by atoms with Gasteiger partial charge in [0, 0.05) is 25.7 Å². The summed E-state index contributed by atoms with van der Waals surface area (Å²) in [7, 11) is 0. The van der Waals surface area contributed by atoms with Crippen LogP contribution in [0.5, 0.6) is 0 Å². The second-order valence-electron chi connectivity index (χ2n) is 4.58. The molecule has 2 heterocycles. The van der Waals surface area contributed by atoms with Crippen LogP contribution in [0.3, 0.4) is 0 Å². The first-order valence-electron chi connectivity index (χ1n) is 5.85. The lowest BCUT2D eigenvalue weighted by atomic mass is 9.94. The third kappa shape index (κ3) is 2.23. The predicted molar refractivity (Wildman–Crippen MR) is 55.9 cm³/mol. The molecule has 0 bridgehead atoms. The number of nitrogens with one attached hydrogen (secondary N) is 1. The van der Waals surface area contributed by atoms with Crippen molar-refractivity contribution in [2.75, 3.05) is 26.2 Å². The van der Waals surface area contributed by atoms with E-state index in [-0.39, 0.29) is 0 Å². The number of nitrogens with zero attached hydrogens (tertiary/aromatic N) is 1. The first-order valence-corrected chi connectivity index (χ1v) is 5.85. The third-order valence-corrected chi connectivity index (χ3v) is 3.60. The lowest BCUT2D eigenvalue weighted by molar-refractivity contribution is 0.0485. The summed E-state index contributed by atoms with van der Waals surface area (Å²) in [6.45, 7) is 7.51. The molecule has 1 N–H and O–H groups in total. The molecule has 2 heteroatoms. The average Bonchev–Trinajstić information content (AvgIpc) is 2.31. The van der Waals surface area contributed by atoms with Gasteiger partial charge in [0.15, 0.2) is 0 Å². The van der Waals surface area contributed by atoms with Crippen molar-refractivity contribution in [3.63, 3.8) is 0 Å². The van der Waals surface area contributed by atoms with Crippen LogP contribution in [0.1, 0.15) is 32.6 Å². The summed E-state index contributed by atoms with van der Waals surface area (Å²) < 4.78 is 0. The molecular formula is C11H22N2. The average molecular weight is 182 g/mol. The predicted octanol–water partition coefficient (Wildman–Crippen LogP) is 1.47. The van der Waals surface area contributed by atoms with Crippen molar-refractivity contribution in [3.8, 4) is 0 Å². The monoisotopic (exact) mass is 182 g/mol. The first kappa shape index (κ1) is 9.47. The normalized spacial score (nSPS) is 32.5. The Labute approximate surface area is 81.7 Å². The Kier molecular flexibility index (Phi) is 3.23. The summed E-state index contributed by atoms with van der Waals surface area (Å²) in [5, 5.41) is 3.54. The lowest BCUT2D eigenvalue weighted by Gasteiger charge is -2.44. The van der Waals surface area contributed by atoms with Crippen molar-refractivity contribution in [1.29, 1.82) is 0 Å². The molecule has 1 unspecified atom stereocenters. The number of rotatable bonds is 2. The minimum absolute atomic E-state index is 0.852. The summed E-state index contributed by atoms with van der Waals surface area (Å²) in [6, 6.07) is 0.852. The molecule has 2 nitrogen and oxygen atoms in total. The third-order valence-electron chi connectivity index (χ3n) is 3.60. The maximum atomic E-state index is 3.54. The van der Waals surface area contributed by atoms with Crippen LogP contribution >= 0.6 is 0 Å². The standard InChI is InChI=1S/C11H22N2/c1-2-10-8-13(9-10)11-5-3-4-6-12-7-11/h10-12H,2-9H2,1H3. The molecule has 2 aliphatic heterocycles. The Bertz CT molecular complexity index is 144. The molecule has 1 atom stereocenters. The first-order chi connectivity index (χ1) is 6.40. The van der Waals surface area contributed by atoms with Gasteiger partial charge in [0.1, 0.15) is 0 Å². The van der Waals surface area contributed by atoms with Gasteiger partial charge in [-0.1, -0.05) is 19.8 Å². The van der Waals surface area contributed by atoms with E-state index >= 15 is 0 Å². The van der Waals surface area contributed by atoms with Gasteiger partial charge < -0.3 is 5.32 Å². The van der Waals surface area contributed by atoms with Crippen LogP contribution in [0.2, 0.25) is 0 Å². The van der Waals surface area contributed by atoms with Crippen LogP contribution < -0.4 is 5.32 Å². The fourth-order valence-electron chi connectivity index (χ4n) is 2.48. The minimum Gasteiger partial charge on any atom is -0.315 e. The maximum Gasteiger partial charge on any atom is 0.0220 e. The van der Waals surface area contributed by atoms with E-state index in [1.54, 1.807) is 0 Å². The molecule has 2 fully saturated rings. The zero-order valence-corrected chi connectivity index (χ0v) is 8.76. The molecule has 76 valence electrons. The molecule has 2 aliphatic rings. The van der Waals surface area contributed by atoms with Crippen molar-refractivity contribution in [2.24, 2.45) is 5.92 Å². The van der Waals surface area contributed by atoms with Crippen molar-refractivity contribution < 1.29 is 0 Å². The largest absolute Gasteiger partial charge is 0.315 e. The van der Waals surface area contributed by atoms with E-state index in [9.17, 15) is 0 Å². The van der Waals surface area contributed by atoms with Gasteiger partial charge in [0.2, 0.25) is 0 Å². The van der Waals surface area contributed by atoms with Gasteiger partial charge in [-0.15, -0.1) is 0 Å². The molecule has 2 saturated heterocycles. The molecule has 0 aromatic heterocycles. The van der Waals surface area contributed by atoms with E-state index in [0.717, 1.165) is 12.0 Å². The van der Waals surface area contributed by atoms with Crippen LogP contribution in [0.4, 0.5) is 0 Å². The van der Waals surface area contributed by atoms with Gasteiger partial charge in [-0.3, -0.25) is 4.90 Å². The Morgan fingerprint density at radius 2 is 2.15 bits per heavy atom. The maximum absolute atomic E-state index is 3.54. The molecule has 0 spiro atoms. The van der Waals surface area contributed by atoms with Gasteiger partial charge in [-0.05, 0) is 25.3 Å². The summed E-state index contributed by atoms with van der Waals surface area (Å²) >= 11 is 0. The van der Waals surface area contributed by atoms with Gasteiger partial charge >= 0.3 is 0 Å². The zero-order valence-electron chi connectivity index (χ0n) is 8.76. The number of hydrogen-bond acceptors (Lipinski definition) is 2. The van der Waals surface area contributed by atoms with Crippen molar-refractivity contribution in [1.82, 2.24) is 10.2 Å². The van der Waals surface area contributed by atoms with Crippen molar-refractivity contribution >= 4 is 0 Å². The van der Waals surface area contributed by atoms with E-state index < -0.39 is 0 Å². The zero-order chi connectivity index (χ0) is 9.10. The van der Waals surface area contributed by atoms with Crippen LogP contribution in [-0.4, -0.2) is 37.1 Å². The van der Waals surface area contributed by atoms with E-state index in [0.29, 0.717) is 0 Å². The van der Waals surface area contributed by atoms with E-state index in [2.05, 4.69) is 17.1 Å². The summed E-state index contributed by atoms with van der Waals surface area (Å²) in [6.07, 6.45) is 5.59. The van der Waals surface area contributed by atoms with Crippen LogP contribution in [0, 0.1) is 5.92 Å². The Morgan fingerprint density at radius 1 is 1.31 bits per heavy atom. The van der Waals surface area contributed by atoms with Crippen LogP contribution in [0.15, 0.2) is 0 Å². The molecule has 0 aliphatic carbocycles. The molecular weight excluding hydrogens is 160 g/mol. The van der Waals surface area contributed by atoms with Crippen molar-refractivity contribution in [3.05, 3.63) is 0 Å². The number of likely N-dealkylation sites (tertiary alicyclic amines) is 1. The summed E-state index contributed by atoms with van der Waals surface area (Å²) in [5.74, 6) is 1.00. The quantitative estimate of drug-likeness (QED) is 0.695. The van der Waals surface area contributed by atoms with E-state index in [1.807, 2.05) is 0 Å². The fraction of sp³-hybridized carbons (Fsp3) is 1.00. The molecule has 0 radical (unpaired) electrons. The Balaban J connectivity index is 1.74. The summed E-state index contributed by atoms with van der Waals surface area (Å²) in [5.41, 5.74) is 0. The second kappa shape index (κ2) is 4.43. The fourth-order valence-corrected chi connectivity index (χ4v) is 2.48. The topological polar surface area (TPSA) is 15.3 Å². The highest BCUT2D eigenvalue weighted by Crippen LogP contribution is 2.23. The molecule has 0 aromatic carbocycles. The smallest absolute Gasteiger partial charge is 0.0220 e. The Hall–Kier alpha value is -0.0800. The SMILES string of the molecule is CCC1CN(C2CCCCNC2)C1. The van der Waals surface area contributed by atoms with Crippen LogP contribution in [0.25, 0.3) is 0 Å². The van der Waals surface area contributed by atoms with Gasteiger partial charge in [-0.2, -0.15) is 0 Å². The molecule has 0 aromatic rings. The highest BCUT2D eigenvalue weighted by atomic mass is 15.2. The molecule has 0 saturated carbocycles. The second-order valence-corrected chi connectivity index (χ2v) is 4.58. The minimum atomic E-state index is 0.852. The van der Waals surface area contributed by atoms with Gasteiger partial charge in [0.05, 0.1) is 0 Å². The Morgan fingerprint density at radius 3 is 2.92 bits per heavy atom. The molecule has 2 rings (SSSR count).